The molecule has 4 amide bonds. The van der Waals surface area contributed by atoms with Gasteiger partial charge in [-0.25, -0.2) is 9.59 Å². The SMILES string of the molecule is CCOC(=O)NC(=O)C1CCSC1NC(=O)C1NC2CC(CNC(=O)OC)CNC2S1. The number of nitrogens with one attached hydrogen (secondary N) is 5. The monoisotopic (exact) mass is 475 g/mol. The van der Waals surface area contributed by atoms with Gasteiger partial charge in [0.25, 0.3) is 0 Å². The topological polar surface area (TPSA) is 147 Å². The van der Waals surface area contributed by atoms with Crippen LogP contribution in [0.2, 0.25) is 0 Å². The zero-order valence-corrected chi connectivity index (χ0v) is 19.1. The van der Waals surface area contributed by atoms with E-state index in [0.29, 0.717) is 13.0 Å². The summed E-state index contributed by atoms with van der Waals surface area (Å²) in [6.45, 7) is 3.08. The van der Waals surface area contributed by atoms with Gasteiger partial charge in [0.2, 0.25) is 11.8 Å². The molecule has 0 radical (unpaired) electrons. The van der Waals surface area contributed by atoms with Crippen molar-refractivity contribution in [2.75, 3.05) is 32.6 Å². The molecule has 6 unspecified atom stereocenters. The number of hydrogen-bond donors (Lipinski definition) is 5. The quantitative estimate of drug-likeness (QED) is 0.349. The summed E-state index contributed by atoms with van der Waals surface area (Å²) < 4.78 is 9.35. The van der Waals surface area contributed by atoms with Crippen molar-refractivity contribution in [2.45, 2.75) is 41.9 Å². The maximum atomic E-state index is 12.8. The highest BCUT2D eigenvalue weighted by Gasteiger charge is 2.43. The Morgan fingerprint density at radius 2 is 1.97 bits per heavy atom. The summed E-state index contributed by atoms with van der Waals surface area (Å²) in [5, 5.41) is 13.9. The van der Waals surface area contributed by atoms with Crippen molar-refractivity contribution in [1.82, 2.24) is 26.6 Å². The van der Waals surface area contributed by atoms with E-state index in [-0.39, 0.29) is 29.8 Å². The molecule has 0 aliphatic carbocycles. The number of amides is 4. The standard InChI is InChI=1S/C18H29N5O6S2/c1-3-29-18(27)23-12(24)10-4-5-30-14(10)22-13(25)16-21-11-6-9(7-19-15(11)31-16)8-20-17(26)28-2/h9-11,14-16,19,21H,3-8H2,1-2H3,(H,20,26)(H,22,25)(H,23,24,27). The van der Waals surface area contributed by atoms with Gasteiger partial charge in [-0.1, -0.05) is 0 Å². The third kappa shape index (κ3) is 6.40. The molecule has 13 heteroatoms. The molecule has 3 saturated heterocycles. The van der Waals surface area contributed by atoms with E-state index in [1.807, 2.05) is 0 Å². The van der Waals surface area contributed by atoms with E-state index in [4.69, 9.17) is 4.74 Å². The average molecular weight is 476 g/mol. The van der Waals surface area contributed by atoms with Crippen LogP contribution in [0.15, 0.2) is 0 Å². The van der Waals surface area contributed by atoms with Gasteiger partial charge in [0, 0.05) is 19.1 Å². The number of rotatable bonds is 6. The molecule has 3 rings (SSSR count). The van der Waals surface area contributed by atoms with E-state index < -0.39 is 34.8 Å². The van der Waals surface area contributed by atoms with Crippen LogP contribution >= 0.6 is 23.5 Å². The van der Waals surface area contributed by atoms with E-state index in [2.05, 4.69) is 31.3 Å². The van der Waals surface area contributed by atoms with Crippen LogP contribution < -0.4 is 26.6 Å². The van der Waals surface area contributed by atoms with Crippen molar-refractivity contribution in [3.05, 3.63) is 0 Å². The molecule has 3 aliphatic heterocycles. The molecule has 3 heterocycles. The molecular formula is C18H29N5O6S2. The molecule has 0 aromatic rings. The van der Waals surface area contributed by atoms with Gasteiger partial charge in [0.1, 0.15) is 5.37 Å². The molecule has 11 nitrogen and oxygen atoms in total. The first-order valence-electron chi connectivity index (χ1n) is 10.3. The summed E-state index contributed by atoms with van der Waals surface area (Å²) in [4.78, 5) is 48.0. The number of carbonyl (C=O) groups is 4. The molecular weight excluding hydrogens is 446 g/mol. The number of thioether (sulfide) groups is 2. The van der Waals surface area contributed by atoms with E-state index in [1.165, 1.54) is 30.6 Å². The fraction of sp³-hybridized carbons (Fsp3) is 0.778. The molecule has 6 atom stereocenters. The second-order valence-electron chi connectivity index (χ2n) is 7.50. The van der Waals surface area contributed by atoms with Crippen molar-refractivity contribution in [2.24, 2.45) is 11.8 Å². The zero-order chi connectivity index (χ0) is 22.4. The predicted octanol–water partition coefficient (Wildman–Crippen LogP) is -0.223. The fourth-order valence-corrected chi connectivity index (χ4v) is 6.48. The van der Waals surface area contributed by atoms with Crippen LogP contribution in [0.1, 0.15) is 19.8 Å². The zero-order valence-electron chi connectivity index (χ0n) is 17.5. The van der Waals surface area contributed by atoms with Crippen molar-refractivity contribution in [1.29, 1.82) is 0 Å². The van der Waals surface area contributed by atoms with Gasteiger partial charge in [0.15, 0.2) is 0 Å². The Labute approximate surface area is 189 Å². The molecule has 174 valence electrons. The number of hydrogen-bond acceptors (Lipinski definition) is 10. The van der Waals surface area contributed by atoms with Gasteiger partial charge < -0.3 is 25.4 Å². The summed E-state index contributed by atoms with van der Waals surface area (Å²) in [5.41, 5.74) is 0. The second kappa shape index (κ2) is 11.2. The molecule has 31 heavy (non-hydrogen) atoms. The summed E-state index contributed by atoms with van der Waals surface area (Å²) in [6.07, 6.45) is 0.173. The second-order valence-corrected chi connectivity index (χ2v) is 10.00. The van der Waals surface area contributed by atoms with E-state index in [1.54, 1.807) is 6.92 Å². The first-order chi connectivity index (χ1) is 14.9. The maximum absolute atomic E-state index is 12.8. The Morgan fingerprint density at radius 1 is 1.16 bits per heavy atom. The van der Waals surface area contributed by atoms with E-state index >= 15 is 0 Å². The molecule has 3 aliphatic rings. The van der Waals surface area contributed by atoms with Crippen LogP contribution in [0.3, 0.4) is 0 Å². The normalized spacial score (nSPS) is 31.9. The minimum Gasteiger partial charge on any atom is -0.453 e. The fourth-order valence-electron chi connectivity index (χ4n) is 3.84. The highest BCUT2D eigenvalue weighted by molar-refractivity contribution is 8.01. The Balaban J connectivity index is 1.47. The van der Waals surface area contributed by atoms with Crippen LogP contribution in [-0.2, 0) is 19.1 Å². The van der Waals surface area contributed by atoms with Gasteiger partial charge in [0.05, 0.1) is 30.4 Å². The lowest BCUT2D eigenvalue weighted by molar-refractivity contribution is -0.125. The highest BCUT2D eigenvalue weighted by atomic mass is 32.2. The van der Waals surface area contributed by atoms with E-state index in [9.17, 15) is 19.2 Å². The molecule has 0 saturated carbocycles. The minimum absolute atomic E-state index is 0.0955. The number of imide groups is 1. The number of ether oxygens (including phenoxy) is 2. The first-order valence-corrected chi connectivity index (χ1v) is 12.3. The number of fused-ring (bicyclic) bond motifs is 1. The Kier molecular flexibility index (Phi) is 8.69. The Bertz CT molecular complexity index is 698. The maximum Gasteiger partial charge on any atom is 0.413 e. The van der Waals surface area contributed by atoms with Crippen molar-refractivity contribution >= 4 is 47.5 Å². The lowest BCUT2D eigenvalue weighted by Crippen LogP contribution is -2.52. The van der Waals surface area contributed by atoms with Crippen molar-refractivity contribution in [3.8, 4) is 0 Å². The highest BCUT2D eigenvalue weighted by Crippen LogP contribution is 2.34. The molecule has 0 spiro atoms. The van der Waals surface area contributed by atoms with Crippen LogP contribution in [0.25, 0.3) is 0 Å². The minimum atomic E-state index is -0.770. The number of alkyl carbamates (subject to hydrolysis) is 2. The Morgan fingerprint density at radius 3 is 2.71 bits per heavy atom. The summed E-state index contributed by atoms with van der Waals surface area (Å²) in [6, 6.07) is 0.0955. The van der Waals surface area contributed by atoms with E-state index in [0.717, 1.165) is 18.7 Å². The summed E-state index contributed by atoms with van der Waals surface area (Å²) >= 11 is 3.01. The third-order valence-electron chi connectivity index (χ3n) is 5.38. The van der Waals surface area contributed by atoms with Gasteiger partial charge in [-0.2, -0.15) is 0 Å². The lowest BCUT2D eigenvalue weighted by atomic mass is 9.95. The summed E-state index contributed by atoms with van der Waals surface area (Å²) in [5.74, 6) is -0.148. The lowest BCUT2D eigenvalue weighted by Gasteiger charge is -2.31. The van der Waals surface area contributed by atoms with Crippen molar-refractivity contribution < 1.29 is 28.7 Å². The van der Waals surface area contributed by atoms with Crippen molar-refractivity contribution in [3.63, 3.8) is 0 Å². The molecule has 0 aromatic carbocycles. The third-order valence-corrected chi connectivity index (χ3v) is 8.07. The van der Waals surface area contributed by atoms with Gasteiger partial charge >= 0.3 is 12.2 Å². The molecule has 5 N–H and O–H groups in total. The number of methoxy groups -OCH3 is 1. The van der Waals surface area contributed by atoms with Crippen LogP contribution in [0.4, 0.5) is 9.59 Å². The number of piperidine rings is 1. The smallest absolute Gasteiger partial charge is 0.413 e. The number of carbonyl (C=O) groups excluding carboxylic acids is 4. The van der Waals surface area contributed by atoms with Crippen LogP contribution in [0.5, 0.6) is 0 Å². The average Bonchev–Trinajstić information content (AvgIpc) is 3.38. The van der Waals surface area contributed by atoms with Gasteiger partial charge in [-0.15, -0.1) is 23.5 Å². The summed E-state index contributed by atoms with van der Waals surface area (Å²) in [7, 11) is 1.33. The van der Waals surface area contributed by atoms with Gasteiger partial charge in [-0.05, 0) is 31.4 Å². The Hall–Kier alpha value is -1.70. The van der Waals surface area contributed by atoms with Crippen LogP contribution in [-0.4, -0.2) is 78.7 Å². The van der Waals surface area contributed by atoms with Gasteiger partial charge in [-0.3, -0.25) is 20.2 Å². The predicted molar refractivity (Wildman–Crippen MR) is 116 cm³/mol. The van der Waals surface area contributed by atoms with Crippen LogP contribution in [0, 0.1) is 11.8 Å². The molecule has 0 bridgehead atoms. The largest absolute Gasteiger partial charge is 0.453 e. The molecule has 0 aromatic heterocycles. The molecule has 3 fully saturated rings. The first kappa shape index (κ1) is 24.0.